The number of aromatic carboxylic acids is 1. The second-order valence-corrected chi connectivity index (χ2v) is 17.0. The predicted octanol–water partition coefficient (Wildman–Crippen LogP) is 6.89. The van der Waals surface area contributed by atoms with Crippen LogP contribution in [0.5, 0.6) is 0 Å². The average Bonchev–Trinajstić information content (AvgIpc) is 2.70. The third kappa shape index (κ3) is 4.46. The first-order valence-electron chi connectivity index (χ1n) is 12.6. The Balaban J connectivity index is 1.97. The van der Waals surface area contributed by atoms with Crippen LogP contribution in [0.3, 0.4) is 0 Å². The van der Waals surface area contributed by atoms with E-state index in [1.165, 1.54) is 19.3 Å². The van der Waals surface area contributed by atoms with E-state index in [2.05, 4.69) is 53.8 Å². The highest BCUT2D eigenvalue weighted by molar-refractivity contribution is 6.74. The van der Waals surface area contributed by atoms with Gasteiger partial charge in [0.25, 0.3) is 0 Å². The van der Waals surface area contributed by atoms with E-state index >= 15 is 0 Å². The van der Waals surface area contributed by atoms with E-state index in [-0.39, 0.29) is 22.5 Å². The van der Waals surface area contributed by atoms with Gasteiger partial charge < -0.3 is 14.3 Å². The molecular formula is C27H41NO4Si. The Morgan fingerprint density at radius 3 is 2.48 bits per heavy atom. The van der Waals surface area contributed by atoms with Gasteiger partial charge in [-0.1, -0.05) is 47.1 Å². The van der Waals surface area contributed by atoms with Crippen molar-refractivity contribution in [3.8, 4) is 0 Å². The lowest BCUT2D eigenvalue weighted by atomic mass is 9.59. The van der Waals surface area contributed by atoms with Crippen molar-refractivity contribution in [2.75, 3.05) is 13.2 Å². The van der Waals surface area contributed by atoms with Gasteiger partial charge in [-0.25, -0.2) is 4.79 Å². The Labute approximate surface area is 200 Å². The second-order valence-electron chi connectivity index (χ2n) is 12.2. The van der Waals surface area contributed by atoms with Gasteiger partial charge >= 0.3 is 5.97 Å². The normalized spacial score (nSPS) is 22.7. The van der Waals surface area contributed by atoms with Crippen molar-refractivity contribution < 1.29 is 19.1 Å². The smallest absolute Gasteiger partial charge is 0.338 e. The third-order valence-electron chi connectivity index (χ3n) is 8.53. The van der Waals surface area contributed by atoms with Gasteiger partial charge in [0.2, 0.25) is 0 Å². The molecule has 1 aliphatic heterocycles. The first kappa shape index (κ1) is 24.6. The van der Waals surface area contributed by atoms with Crippen LogP contribution in [0.4, 0.5) is 0 Å². The summed E-state index contributed by atoms with van der Waals surface area (Å²) in [4.78, 5) is 17.8. The predicted molar refractivity (Wildman–Crippen MR) is 134 cm³/mol. The van der Waals surface area contributed by atoms with Crippen LogP contribution in [0.25, 0.3) is 5.57 Å². The Kier molecular flexibility index (Phi) is 6.43. The van der Waals surface area contributed by atoms with Crippen LogP contribution in [0.1, 0.15) is 112 Å². The minimum absolute atomic E-state index is 0.0413. The van der Waals surface area contributed by atoms with E-state index in [1.54, 1.807) is 0 Å². The summed E-state index contributed by atoms with van der Waals surface area (Å²) in [5.74, 6) is -0.842. The molecule has 1 saturated carbocycles. The molecular weight excluding hydrogens is 430 g/mol. The molecule has 33 heavy (non-hydrogen) atoms. The Hall–Kier alpha value is -1.50. The number of ether oxygens (including phenoxy) is 1. The largest absolute Gasteiger partial charge is 0.478 e. The van der Waals surface area contributed by atoms with Gasteiger partial charge in [-0.3, -0.25) is 4.98 Å². The Morgan fingerprint density at radius 2 is 2.00 bits per heavy atom. The zero-order chi connectivity index (χ0) is 24.2. The van der Waals surface area contributed by atoms with E-state index in [4.69, 9.17) is 14.1 Å². The summed E-state index contributed by atoms with van der Waals surface area (Å²) in [6.07, 6.45) is 8.33. The van der Waals surface area contributed by atoms with Gasteiger partial charge in [-0.15, -0.1) is 0 Å². The molecule has 182 valence electrons. The fraction of sp³-hybridized carbons (Fsp3) is 0.704. The maximum Gasteiger partial charge on any atom is 0.338 e. The van der Waals surface area contributed by atoms with E-state index in [9.17, 15) is 9.90 Å². The summed E-state index contributed by atoms with van der Waals surface area (Å²) in [6.45, 7) is 16.7. The fourth-order valence-corrected chi connectivity index (χ4v) is 6.75. The molecule has 1 aromatic rings. The van der Waals surface area contributed by atoms with Crippen LogP contribution < -0.4 is 0 Å². The first-order chi connectivity index (χ1) is 15.4. The number of fused-ring (bicyclic) bond motifs is 1. The Morgan fingerprint density at radius 1 is 1.30 bits per heavy atom. The molecule has 1 spiro atoms. The topological polar surface area (TPSA) is 68.7 Å². The van der Waals surface area contributed by atoms with Crippen molar-refractivity contribution in [3.05, 3.63) is 34.2 Å². The van der Waals surface area contributed by atoms with Crippen molar-refractivity contribution in [3.63, 3.8) is 0 Å². The van der Waals surface area contributed by atoms with Gasteiger partial charge in [-0.05, 0) is 67.1 Å². The van der Waals surface area contributed by atoms with Gasteiger partial charge in [0, 0.05) is 16.8 Å². The number of hydrogen-bond acceptors (Lipinski definition) is 4. The highest BCUT2D eigenvalue weighted by Gasteiger charge is 2.49. The van der Waals surface area contributed by atoms with Crippen molar-refractivity contribution in [1.29, 1.82) is 0 Å². The van der Waals surface area contributed by atoms with E-state index in [1.807, 2.05) is 0 Å². The van der Waals surface area contributed by atoms with Crippen molar-refractivity contribution in [2.45, 2.75) is 103 Å². The molecule has 2 aliphatic carbocycles. The molecule has 1 unspecified atom stereocenters. The quantitative estimate of drug-likeness (QED) is 0.474. The number of carboxylic acids is 1. The lowest BCUT2D eigenvalue weighted by molar-refractivity contribution is 0.0297. The van der Waals surface area contributed by atoms with E-state index in [0.717, 1.165) is 41.7 Å². The number of carboxylic acid groups (broad SMARTS) is 1. The monoisotopic (exact) mass is 471 g/mol. The van der Waals surface area contributed by atoms with Crippen molar-refractivity contribution in [1.82, 2.24) is 4.98 Å². The van der Waals surface area contributed by atoms with Gasteiger partial charge in [0.05, 0.1) is 30.6 Å². The molecule has 1 N–H and O–H groups in total. The van der Waals surface area contributed by atoms with Crippen LogP contribution in [0, 0.1) is 5.41 Å². The number of nitrogens with zero attached hydrogens (tertiary/aromatic N) is 1. The fourth-order valence-electron chi connectivity index (χ4n) is 5.49. The third-order valence-corrected chi connectivity index (χ3v) is 13.0. The summed E-state index contributed by atoms with van der Waals surface area (Å²) < 4.78 is 12.7. The number of hydrogen-bond donors (Lipinski definition) is 1. The van der Waals surface area contributed by atoms with Gasteiger partial charge in [-0.2, -0.15) is 0 Å². The van der Waals surface area contributed by atoms with Gasteiger partial charge in [0.1, 0.15) is 0 Å². The molecule has 3 aliphatic rings. The van der Waals surface area contributed by atoms with Crippen molar-refractivity contribution in [2.24, 2.45) is 5.41 Å². The molecule has 1 fully saturated rings. The van der Waals surface area contributed by atoms with Gasteiger partial charge in [0.15, 0.2) is 8.32 Å². The SMILES string of the molecule is CC(C)c1nc2c(c(C3=CCOCC3)c1C(=O)O)C(O[Si](C)(C)C(C)(C)C)CC1(CCC1)C2. The van der Waals surface area contributed by atoms with E-state index < -0.39 is 14.3 Å². The minimum Gasteiger partial charge on any atom is -0.478 e. The van der Waals surface area contributed by atoms with Crippen LogP contribution in [-0.2, 0) is 15.6 Å². The lowest BCUT2D eigenvalue weighted by Gasteiger charge is -2.51. The molecule has 0 aromatic carbocycles. The number of rotatable bonds is 5. The summed E-state index contributed by atoms with van der Waals surface area (Å²) >= 11 is 0. The molecule has 1 atom stereocenters. The van der Waals surface area contributed by atoms with Crippen LogP contribution in [0.15, 0.2) is 6.08 Å². The highest BCUT2D eigenvalue weighted by Crippen LogP contribution is 2.57. The Bertz CT molecular complexity index is 969. The van der Waals surface area contributed by atoms with Crippen LogP contribution in [-0.4, -0.2) is 37.6 Å². The lowest BCUT2D eigenvalue weighted by Crippen LogP contribution is -2.46. The minimum atomic E-state index is -2.08. The summed E-state index contributed by atoms with van der Waals surface area (Å²) in [7, 11) is -2.08. The first-order valence-corrected chi connectivity index (χ1v) is 15.5. The van der Waals surface area contributed by atoms with E-state index in [0.29, 0.717) is 24.5 Å². The molecule has 2 heterocycles. The molecule has 4 rings (SSSR count). The maximum atomic E-state index is 12.7. The molecule has 6 heteroatoms. The molecule has 0 saturated heterocycles. The van der Waals surface area contributed by atoms with Crippen LogP contribution in [0.2, 0.25) is 18.1 Å². The highest BCUT2D eigenvalue weighted by atomic mass is 28.4. The molecule has 0 bridgehead atoms. The number of carbonyl (C=O) groups is 1. The summed E-state index contributed by atoms with van der Waals surface area (Å²) in [5, 5.41) is 10.5. The van der Waals surface area contributed by atoms with Crippen LogP contribution >= 0.6 is 0 Å². The molecule has 0 amide bonds. The zero-order valence-corrected chi connectivity index (χ0v) is 22.5. The summed E-state index contributed by atoms with van der Waals surface area (Å²) in [5.41, 5.74) is 5.47. The van der Waals surface area contributed by atoms with Crippen molar-refractivity contribution >= 4 is 19.9 Å². The molecule has 5 nitrogen and oxygen atoms in total. The number of aromatic nitrogens is 1. The average molecular weight is 472 g/mol. The second kappa shape index (κ2) is 8.62. The summed E-state index contributed by atoms with van der Waals surface area (Å²) in [6, 6.07) is 0. The molecule has 1 aromatic heterocycles. The maximum absolute atomic E-state index is 12.7. The molecule has 0 radical (unpaired) electrons. The standard InChI is InChI=1S/C27H41NO4Si/c1-17(2)24-23(25(29)30)21(18-9-13-31-14-10-18)22-19(28-24)15-27(11-8-12-27)16-20(22)32-33(6,7)26(3,4)5/h9,17,20H,8,10-16H2,1-7H3,(H,29,30). The number of pyridine rings is 1. The zero-order valence-electron chi connectivity index (χ0n) is 21.5.